The van der Waals surface area contributed by atoms with Crippen LogP contribution in [0, 0.1) is 5.92 Å². The summed E-state index contributed by atoms with van der Waals surface area (Å²) in [5, 5.41) is 7.78. The second-order valence-corrected chi connectivity index (χ2v) is 17.1. The number of benzene rings is 4. The van der Waals surface area contributed by atoms with Crippen molar-refractivity contribution in [2.24, 2.45) is 5.92 Å². The Hall–Kier alpha value is -6.96. The van der Waals surface area contributed by atoms with Crippen LogP contribution in [0.3, 0.4) is 0 Å². The zero-order valence-corrected chi connectivity index (χ0v) is 36.2. The van der Waals surface area contributed by atoms with Gasteiger partial charge in [0.05, 0.1) is 50.1 Å². The number of carbonyl (C=O) groups is 4. The van der Waals surface area contributed by atoms with E-state index in [1.807, 2.05) is 47.6 Å². The standard InChI is InChI=1S/C50H54N8O6/c1-63-49(61)55-43(33-11-5-3-6-12-33)47(59)57-25-9-15-41(57)45-51-29-39(53-45)32-19-17-31(18-20-32)35-21-22-37-28-38(24-23-36(37)27-35)40-30-52-46(54-40)42-16-10-26-58(42)48(60)44(56-50(62)64-2)34-13-7-4-8-14-34/h4,7-8,13-14,17-24,27-30,33,41-44H,3,5-6,9-12,15-16,25-26H2,1-2H3,(H,51,53)(H,52,54)(H,55,61)(H,56,62)/t41-,42-,43?,44?/m0/s1. The fraction of sp³-hybridized carbons (Fsp3) is 0.360. The topological polar surface area (TPSA) is 175 Å². The molecule has 1 saturated carbocycles. The summed E-state index contributed by atoms with van der Waals surface area (Å²) in [6, 6.07) is 28.4. The van der Waals surface area contributed by atoms with Crippen LogP contribution in [0.25, 0.3) is 44.4 Å². The zero-order chi connectivity index (χ0) is 44.2. The maximum Gasteiger partial charge on any atom is 0.407 e. The van der Waals surface area contributed by atoms with Gasteiger partial charge in [0.15, 0.2) is 0 Å². The monoisotopic (exact) mass is 862 g/mol. The van der Waals surface area contributed by atoms with E-state index in [1.54, 1.807) is 4.90 Å². The number of carbonyl (C=O) groups excluding carboxylic acids is 4. The highest BCUT2D eigenvalue weighted by molar-refractivity contribution is 5.91. The van der Waals surface area contributed by atoms with Crippen molar-refractivity contribution in [3.8, 4) is 33.6 Å². The largest absolute Gasteiger partial charge is 0.453 e. The number of nitrogens with zero attached hydrogens (tertiary/aromatic N) is 4. The Morgan fingerprint density at radius 3 is 1.75 bits per heavy atom. The van der Waals surface area contributed by atoms with Gasteiger partial charge in [0.1, 0.15) is 23.7 Å². The molecule has 2 aliphatic heterocycles. The summed E-state index contributed by atoms with van der Waals surface area (Å²) < 4.78 is 9.75. The number of hydrogen-bond donors (Lipinski definition) is 4. The number of H-pyrrole nitrogens is 2. The van der Waals surface area contributed by atoms with Gasteiger partial charge >= 0.3 is 12.2 Å². The van der Waals surface area contributed by atoms with E-state index in [-0.39, 0.29) is 29.8 Å². The predicted octanol–water partition coefficient (Wildman–Crippen LogP) is 9.02. The van der Waals surface area contributed by atoms with Crippen molar-refractivity contribution < 1.29 is 28.7 Å². The number of alkyl carbamates (subject to hydrolysis) is 2. The van der Waals surface area contributed by atoms with Crippen molar-refractivity contribution in [2.45, 2.75) is 82.0 Å². The molecule has 4 heterocycles. The molecule has 0 bridgehead atoms. The van der Waals surface area contributed by atoms with Gasteiger partial charge < -0.3 is 39.9 Å². The van der Waals surface area contributed by atoms with E-state index in [2.05, 4.69) is 81.3 Å². The first-order valence-corrected chi connectivity index (χ1v) is 22.4. The molecule has 6 aromatic rings. The van der Waals surface area contributed by atoms with Crippen LogP contribution in [-0.2, 0) is 19.1 Å². The van der Waals surface area contributed by atoms with Gasteiger partial charge in [0.25, 0.3) is 5.91 Å². The van der Waals surface area contributed by atoms with Crippen LogP contribution in [0.2, 0.25) is 0 Å². The Bertz CT molecular complexity index is 2620. The molecule has 14 heteroatoms. The van der Waals surface area contributed by atoms with Crippen LogP contribution in [-0.4, -0.2) is 87.1 Å². The molecular formula is C50H54N8O6. The lowest BCUT2D eigenvalue weighted by atomic mass is 9.83. The number of hydrogen-bond acceptors (Lipinski definition) is 8. The summed E-state index contributed by atoms with van der Waals surface area (Å²) in [6.45, 7) is 1.18. The lowest BCUT2D eigenvalue weighted by Gasteiger charge is -2.34. The lowest BCUT2D eigenvalue weighted by molar-refractivity contribution is -0.136. The summed E-state index contributed by atoms with van der Waals surface area (Å²) in [5.74, 6) is 1.29. The zero-order valence-electron chi connectivity index (χ0n) is 36.2. The molecule has 3 fully saturated rings. The minimum absolute atomic E-state index is 0.0594. The first-order chi connectivity index (χ1) is 31.3. The van der Waals surface area contributed by atoms with Gasteiger partial charge in [-0.15, -0.1) is 0 Å². The van der Waals surface area contributed by atoms with Gasteiger partial charge in [-0.1, -0.05) is 98.1 Å². The van der Waals surface area contributed by atoms with E-state index < -0.39 is 24.3 Å². The highest BCUT2D eigenvalue weighted by Gasteiger charge is 2.40. The van der Waals surface area contributed by atoms with E-state index in [0.717, 1.165) is 108 Å². The van der Waals surface area contributed by atoms with Crippen molar-refractivity contribution >= 4 is 34.8 Å². The van der Waals surface area contributed by atoms with Gasteiger partial charge in [0.2, 0.25) is 5.91 Å². The SMILES string of the molecule is COC(=O)NC(C(=O)N1CCC[C@H]1c1ncc(-c2ccc3cc(-c4ccc(-c5cnc([C@@H]6CCCN6C(=O)C(NC(=O)OC)C6CCCCC6)[nH]5)cc4)ccc3c2)[nH]1)c1ccccc1. The maximum absolute atomic E-state index is 14.0. The van der Waals surface area contributed by atoms with Crippen LogP contribution in [0.4, 0.5) is 9.59 Å². The Balaban J connectivity index is 0.868. The summed E-state index contributed by atoms with van der Waals surface area (Å²) in [4.78, 5) is 72.8. The number of imidazole rings is 2. The third-order valence-corrected chi connectivity index (χ3v) is 13.2. The number of likely N-dealkylation sites (tertiary alicyclic amines) is 2. The summed E-state index contributed by atoms with van der Waals surface area (Å²) in [7, 11) is 2.62. The molecule has 0 spiro atoms. The number of rotatable bonds is 11. The number of amides is 4. The van der Waals surface area contributed by atoms with E-state index in [0.29, 0.717) is 24.5 Å². The molecule has 1 aliphatic carbocycles. The van der Waals surface area contributed by atoms with Gasteiger partial charge in [-0.05, 0) is 89.6 Å². The van der Waals surface area contributed by atoms with E-state index in [1.165, 1.54) is 14.2 Å². The molecule has 2 saturated heterocycles. The molecule has 2 aromatic heterocycles. The van der Waals surface area contributed by atoms with Gasteiger partial charge in [-0.2, -0.15) is 0 Å². The fourth-order valence-electron chi connectivity index (χ4n) is 9.86. The number of methoxy groups -OCH3 is 2. The molecule has 3 aliphatic rings. The van der Waals surface area contributed by atoms with Crippen molar-refractivity contribution in [3.63, 3.8) is 0 Å². The first kappa shape index (κ1) is 42.3. The fourth-order valence-corrected chi connectivity index (χ4v) is 9.86. The molecular weight excluding hydrogens is 809 g/mol. The molecule has 4 atom stereocenters. The number of nitrogens with one attached hydrogen (secondary N) is 4. The smallest absolute Gasteiger partial charge is 0.407 e. The van der Waals surface area contributed by atoms with E-state index in [4.69, 9.17) is 19.4 Å². The van der Waals surface area contributed by atoms with Gasteiger partial charge in [-0.25, -0.2) is 19.6 Å². The third kappa shape index (κ3) is 8.81. The quantitative estimate of drug-likeness (QED) is 0.0999. The summed E-state index contributed by atoms with van der Waals surface area (Å²) >= 11 is 0. The minimum atomic E-state index is -0.881. The van der Waals surface area contributed by atoms with Crippen LogP contribution in [0.1, 0.15) is 93.1 Å². The van der Waals surface area contributed by atoms with Crippen LogP contribution >= 0.6 is 0 Å². The van der Waals surface area contributed by atoms with Crippen molar-refractivity contribution in [1.82, 2.24) is 40.4 Å². The van der Waals surface area contributed by atoms with Crippen LogP contribution < -0.4 is 10.6 Å². The molecule has 2 unspecified atom stereocenters. The second-order valence-electron chi connectivity index (χ2n) is 17.1. The number of aromatic nitrogens is 4. The molecule has 330 valence electrons. The lowest BCUT2D eigenvalue weighted by Crippen LogP contribution is -2.52. The number of ether oxygens (including phenoxy) is 2. The first-order valence-electron chi connectivity index (χ1n) is 22.4. The molecule has 9 rings (SSSR count). The number of aromatic amines is 2. The Morgan fingerprint density at radius 2 is 1.12 bits per heavy atom. The van der Waals surface area contributed by atoms with Gasteiger partial charge in [-0.3, -0.25) is 9.59 Å². The van der Waals surface area contributed by atoms with Gasteiger partial charge in [0, 0.05) is 18.7 Å². The Labute approximate surface area is 372 Å². The highest BCUT2D eigenvalue weighted by Crippen LogP contribution is 2.37. The summed E-state index contributed by atoms with van der Waals surface area (Å²) in [6.07, 6.45) is 10.8. The highest BCUT2D eigenvalue weighted by atomic mass is 16.5. The average molecular weight is 863 g/mol. The molecule has 64 heavy (non-hydrogen) atoms. The van der Waals surface area contributed by atoms with E-state index in [9.17, 15) is 19.2 Å². The maximum atomic E-state index is 14.0. The van der Waals surface area contributed by atoms with Crippen molar-refractivity contribution in [1.29, 1.82) is 0 Å². The molecule has 14 nitrogen and oxygen atoms in total. The van der Waals surface area contributed by atoms with E-state index >= 15 is 0 Å². The van der Waals surface area contributed by atoms with Crippen LogP contribution in [0.15, 0.2) is 103 Å². The average Bonchev–Trinajstić information content (AvgIpc) is 4.20. The molecule has 0 radical (unpaired) electrons. The summed E-state index contributed by atoms with van der Waals surface area (Å²) in [5.41, 5.74) is 6.58. The predicted molar refractivity (Wildman–Crippen MR) is 243 cm³/mol. The second kappa shape index (κ2) is 18.8. The van der Waals surface area contributed by atoms with Crippen molar-refractivity contribution in [2.75, 3.05) is 27.3 Å². The molecule has 4 aromatic carbocycles. The van der Waals surface area contributed by atoms with Crippen molar-refractivity contribution in [3.05, 3.63) is 121 Å². The third-order valence-electron chi connectivity index (χ3n) is 13.2. The molecule has 4 amide bonds. The molecule has 4 N–H and O–H groups in total. The minimum Gasteiger partial charge on any atom is -0.453 e. The normalized spacial score (nSPS) is 18.7. The Kier molecular flexibility index (Phi) is 12.4. The van der Waals surface area contributed by atoms with Crippen LogP contribution in [0.5, 0.6) is 0 Å². The Morgan fingerprint density at radius 1 is 0.594 bits per heavy atom. The number of fused-ring (bicyclic) bond motifs is 1.